The summed E-state index contributed by atoms with van der Waals surface area (Å²) in [6.45, 7) is 1.96. The van der Waals surface area contributed by atoms with Crippen LogP contribution in [0.1, 0.15) is 55.9 Å². The number of nitrogens with zero attached hydrogens (tertiary/aromatic N) is 1. The maximum absolute atomic E-state index is 12.1. The predicted octanol–water partition coefficient (Wildman–Crippen LogP) is 4.48. The van der Waals surface area contributed by atoms with E-state index in [1.165, 1.54) is 0 Å². The molecule has 1 heterocycles. The summed E-state index contributed by atoms with van der Waals surface area (Å²) in [4.78, 5) is 28.7. The molecular weight excluding hydrogens is 364 g/mol. The van der Waals surface area contributed by atoms with E-state index in [1.807, 2.05) is 43.3 Å². The number of benzene rings is 2. The Morgan fingerprint density at radius 3 is 2.55 bits per heavy atom. The second kappa shape index (κ2) is 7.51. The Labute approximate surface area is 169 Å². The molecule has 1 aliphatic rings. The monoisotopic (exact) mass is 386 g/mol. The van der Waals surface area contributed by atoms with Crippen molar-refractivity contribution in [2.75, 3.05) is 7.05 Å². The fourth-order valence-corrected chi connectivity index (χ4v) is 3.96. The molecule has 2 N–H and O–H groups in total. The highest BCUT2D eigenvalue weighted by atomic mass is 16.4. The molecule has 5 nitrogen and oxygen atoms in total. The number of aromatic carboxylic acids is 1. The van der Waals surface area contributed by atoms with Gasteiger partial charge in [-0.15, -0.1) is 0 Å². The summed E-state index contributed by atoms with van der Waals surface area (Å²) in [5.74, 6) is -1.03. The van der Waals surface area contributed by atoms with Crippen LogP contribution in [0.3, 0.4) is 0 Å². The maximum Gasteiger partial charge on any atom is 0.336 e. The Hall–Kier alpha value is -3.47. The van der Waals surface area contributed by atoms with Gasteiger partial charge >= 0.3 is 5.97 Å². The van der Waals surface area contributed by atoms with E-state index in [2.05, 4.69) is 5.32 Å². The minimum absolute atomic E-state index is 0.123. The third-order valence-corrected chi connectivity index (χ3v) is 5.37. The molecular formula is C24H22N2O3. The summed E-state index contributed by atoms with van der Waals surface area (Å²) >= 11 is 0. The molecule has 146 valence electrons. The van der Waals surface area contributed by atoms with E-state index in [-0.39, 0.29) is 5.91 Å². The second-order valence-corrected chi connectivity index (χ2v) is 7.36. The van der Waals surface area contributed by atoms with Gasteiger partial charge < -0.3 is 10.4 Å². The quantitative estimate of drug-likeness (QED) is 0.696. The molecule has 4 rings (SSSR count). The molecule has 0 unspecified atom stereocenters. The average Bonchev–Trinajstić information content (AvgIpc) is 2.72. The molecule has 0 saturated heterocycles. The number of hydrogen-bond acceptors (Lipinski definition) is 3. The predicted molar refractivity (Wildman–Crippen MR) is 114 cm³/mol. The lowest BCUT2D eigenvalue weighted by Crippen LogP contribution is -2.17. The van der Waals surface area contributed by atoms with Crippen LogP contribution in [0, 0.1) is 6.92 Å². The third kappa shape index (κ3) is 3.51. The van der Waals surface area contributed by atoms with Crippen LogP contribution in [-0.4, -0.2) is 29.0 Å². The lowest BCUT2D eigenvalue weighted by molar-refractivity contribution is 0.0697. The number of hydrogen-bond donors (Lipinski definition) is 2. The number of carbonyl (C=O) groups excluding carboxylic acids is 1. The number of aromatic nitrogens is 1. The second-order valence-electron chi connectivity index (χ2n) is 7.36. The van der Waals surface area contributed by atoms with Crippen molar-refractivity contribution in [1.29, 1.82) is 0 Å². The summed E-state index contributed by atoms with van der Waals surface area (Å²) in [5, 5.41) is 13.2. The van der Waals surface area contributed by atoms with Crippen LogP contribution < -0.4 is 5.32 Å². The van der Waals surface area contributed by atoms with Crippen LogP contribution >= 0.6 is 0 Å². The number of nitrogens with one attached hydrogen (secondary N) is 1. The number of carbonyl (C=O) groups is 2. The normalized spacial score (nSPS) is 14.6. The molecule has 0 radical (unpaired) electrons. The minimum Gasteiger partial charge on any atom is -0.478 e. The Morgan fingerprint density at radius 1 is 1.10 bits per heavy atom. The largest absolute Gasteiger partial charge is 0.478 e. The van der Waals surface area contributed by atoms with Gasteiger partial charge in [-0.2, -0.15) is 0 Å². The zero-order valence-electron chi connectivity index (χ0n) is 16.5. The van der Waals surface area contributed by atoms with E-state index >= 15 is 0 Å². The highest BCUT2D eigenvalue weighted by Gasteiger charge is 2.25. The topological polar surface area (TPSA) is 79.3 Å². The van der Waals surface area contributed by atoms with Crippen molar-refractivity contribution in [3.05, 3.63) is 76.0 Å². The highest BCUT2D eigenvalue weighted by molar-refractivity contribution is 6.06. The molecule has 0 spiro atoms. The van der Waals surface area contributed by atoms with E-state index in [0.29, 0.717) is 28.5 Å². The van der Waals surface area contributed by atoms with Crippen molar-refractivity contribution in [2.24, 2.45) is 0 Å². The lowest BCUT2D eigenvalue weighted by atomic mass is 9.85. The summed E-state index contributed by atoms with van der Waals surface area (Å²) in [6.07, 6.45) is 4.48. The highest BCUT2D eigenvalue weighted by Crippen LogP contribution is 2.36. The first-order valence-electron chi connectivity index (χ1n) is 9.67. The third-order valence-electron chi connectivity index (χ3n) is 5.37. The summed E-state index contributed by atoms with van der Waals surface area (Å²) in [5.41, 5.74) is 6.28. The standard InChI is InChI=1S/C24H22N2O3/c1-14-6-11-20-19(12-14)21(24(28)29)18-5-3-4-17(22(18)26-20)13-15-7-9-16(10-8-15)23(27)25-2/h6-13H,3-5H2,1-2H3,(H,25,27)(H,28,29)/b17-13-. The van der Waals surface area contributed by atoms with Crippen LogP contribution in [0.25, 0.3) is 22.6 Å². The Balaban J connectivity index is 1.85. The van der Waals surface area contributed by atoms with Crippen LogP contribution in [0.4, 0.5) is 0 Å². The molecule has 1 amide bonds. The fraction of sp³-hybridized carbons (Fsp3) is 0.208. The van der Waals surface area contributed by atoms with Gasteiger partial charge in [0.05, 0.1) is 16.8 Å². The SMILES string of the molecule is CNC(=O)c1ccc(/C=C2/CCCc3c2nc2ccc(C)cc2c3C(=O)O)cc1. The lowest BCUT2D eigenvalue weighted by Gasteiger charge is -2.22. The van der Waals surface area contributed by atoms with Crippen molar-refractivity contribution in [3.63, 3.8) is 0 Å². The maximum atomic E-state index is 12.1. The number of rotatable bonds is 3. The van der Waals surface area contributed by atoms with Gasteiger partial charge in [0.25, 0.3) is 5.91 Å². The number of fused-ring (bicyclic) bond motifs is 2. The van der Waals surface area contributed by atoms with Crippen LogP contribution in [0.5, 0.6) is 0 Å². The number of aryl methyl sites for hydroxylation is 1. The molecule has 5 heteroatoms. The molecule has 0 aliphatic heterocycles. The fourth-order valence-electron chi connectivity index (χ4n) is 3.96. The molecule has 3 aromatic rings. The van der Waals surface area contributed by atoms with Gasteiger partial charge in [0, 0.05) is 18.0 Å². The van der Waals surface area contributed by atoms with Gasteiger partial charge in [-0.1, -0.05) is 23.8 Å². The Bertz CT molecular complexity index is 1160. The van der Waals surface area contributed by atoms with Crippen molar-refractivity contribution >= 4 is 34.4 Å². The molecule has 29 heavy (non-hydrogen) atoms. The average molecular weight is 386 g/mol. The van der Waals surface area contributed by atoms with Crippen molar-refractivity contribution in [2.45, 2.75) is 26.2 Å². The Morgan fingerprint density at radius 2 is 1.86 bits per heavy atom. The van der Waals surface area contributed by atoms with E-state index < -0.39 is 5.97 Å². The summed E-state index contributed by atoms with van der Waals surface area (Å²) in [7, 11) is 1.61. The zero-order chi connectivity index (χ0) is 20.5. The van der Waals surface area contributed by atoms with E-state index in [9.17, 15) is 14.7 Å². The molecule has 1 aromatic heterocycles. The summed E-state index contributed by atoms with van der Waals surface area (Å²) in [6, 6.07) is 13.1. The van der Waals surface area contributed by atoms with Crippen molar-refractivity contribution in [1.82, 2.24) is 10.3 Å². The zero-order valence-corrected chi connectivity index (χ0v) is 16.5. The van der Waals surface area contributed by atoms with Gasteiger partial charge in [-0.3, -0.25) is 4.79 Å². The smallest absolute Gasteiger partial charge is 0.336 e. The van der Waals surface area contributed by atoms with E-state index in [0.717, 1.165) is 40.8 Å². The molecule has 2 aromatic carbocycles. The first kappa shape index (κ1) is 18.9. The number of allylic oxidation sites excluding steroid dienone is 1. The van der Waals surface area contributed by atoms with Gasteiger partial charge in [0.15, 0.2) is 0 Å². The molecule has 0 fully saturated rings. The summed E-state index contributed by atoms with van der Waals surface area (Å²) < 4.78 is 0. The van der Waals surface area contributed by atoms with Gasteiger partial charge in [-0.25, -0.2) is 9.78 Å². The van der Waals surface area contributed by atoms with Crippen LogP contribution in [-0.2, 0) is 6.42 Å². The number of pyridine rings is 1. The van der Waals surface area contributed by atoms with Crippen molar-refractivity contribution < 1.29 is 14.7 Å². The van der Waals surface area contributed by atoms with Gasteiger partial charge in [0.1, 0.15) is 0 Å². The van der Waals surface area contributed by atoms with Gasteiger partial charge in [0.2, 0.25) is 0 Å². The number of carboxylic acid groups (broad SMARTS) is 1. The van der Waals surface area contributed by atoms with Gasteiger partial charge in [-0.05, 0) is 73.2 Å². The van der Waals surface area contributed by atoms with Crippen LogP contribution in [0.15, 0.2) is 42.5 Å². The number of carboxylic acids is 1. The number of amides is 1. The molecule has 1 aliphatic carbocycles. The first-order valence-corrected chi connectivity index (χ1v) is 9.67. The molecule has 0 saturated carbocycles. The van der Waals surface area contributed by atoms with E-state index in [1.54, 1.807) is 19.2 Å². The van der Waals surface area contributed by atoms with E-state index in [4.69, 9.17) is 4.98 Å². The first-order chi connectivity index (χ1) is 14.0. The Kier molecular flexibility index (Phi) is 4.89. The van der Waals surface area contributed by atoms with Crippen molar-refractivity contribution in [3.8, 4) is 0 Å². The minimum atomic E-state index is -0.907. The van der Waals surface area contributed by atoms with Crippen LogP contribution in [0.2, 0.25) is 0 Å². The molecule has 0 bridgehead atoms. The molecule has 0 atom stereocenters.